The Hall–Kier alpha value is -3.72. The predicted octanol–water partition coefficient (Wildman–Crippen LogP) is 4.00. The lowest BCUT2D eigenvalue weighted by molar-refractivity contribution is -0.114. The minimum absolute atomic E-state index is 0.000147. The van der Waals surface area contributed by atoms with Gasteiger partial charge in [-0.2, -0.15) is 0 Å². The second-order valence-corrected chi connectivity index (χ2v) is 9.49. The Labute approximate surface area is 199 Å². The van der Waals surface area contributed by atoms with Crippen LogP contribution in [0.4, 0.5) is 11.4 Å². The molecule has 178 valence electrons. The molecule has 0 radical (unpaired) electrons. The van der Waals surface area contributed by atoms with E-state index in [-0.39, 0.29) is 4.90 Å². The molecule has 0 unspecified atom stereocenters. The summed E-state index contributed by atoms with van der Waals surface area (Å²) in [6, 6.07) is 18.4. The van der Waals surface area contributed by atoms with Crippen LogP contribution in [-0.4, -0.2) is 40.7 Å². The van der Waals surface area contributed by atoms with Gasteiger partial charge in [-0.15, -0.1) is 0 Å². The number of carbonyl (C=O) groups excluding carboxylic acids is 1. The first-order valence-electron chi connectivity index (χ1n) is 10.9. The van der Waals surface area contributed by atoms with E-state index in [1.54, 1.807) is 54.6 Å². The fourth-order valence-electron chi connectivity index (χ4n) is 3.51. The Bertz CT molecular complexity index is 1270. The fourth-order valence-corrected chi connectivity index (χ4v) is 4.95. The molecule has 3 aromatic rings. The van der Waals surface area contributed by atoms with Crippen LogP contribution in [0.3, 0.4) is 0 Å². The number of rotatable bonds is 8. The number of amides is 1. The second-order valence-electron chi connectivity index (χ2n) is 7.63. The Morgan fingerprint density at radius 1 is 1.00 bits per heavy atom. The van der Waals surface area contributed by atoms with Crippen molar-refractivity contribution in [1.82, 2.24) is 0 Å². The first-order chi connectivity index (χ1) is 16.4. The van der Waals surface area contributed by atoms with Gasteiger partial charge >= 0.3 is 0 Å². The number of aryl methyl sites for hydroxylation is 1. The number of benzene rings is 3. The van der Waals surface area contributed by atoms with Crippen LogP contribution in [0.2, 0.25) is 0 Å². The van der Waals surface area contributed by atoms with Crippen LogP contribution in [-0.2, 0) is 14.8 Å². The lowest BCUT2D eigenvalue weighted by Crippen LogP contribution is -2.38. The maximum atomic E-state index is 13.7. The van der Waals surface area contributed by atoms with Gasteiger partial charge in [0.15, 0.2) is 11.5 Å². The third kappa shape index (κ3) is 5.09. The van der Waals surface area contributed by atoms with Gasteiger partial charge in [0.2, 0.25) is 5.91 Å². The summed E-state index contributed by atoms with van der Waals surface area (Å²) < 4.78 is 45.1. The molecular formula is C25H26N2O6S. The molecule has 34 heavy (non-hydrogen) atoms. The maximum absolute atomic E-state index is 13.7. The van der Waals surface area contributed by atoms with Gasteiger partial charge in [0, 0.05) is 6.07 Å². The maximum Gasteiger partial charge on any atom is 0.264 e. The Balaban J connectivity index is 1.66. The van der Waals surface area contributed by atoms with E-state index in [1.807, 2.05) is 13.8 Å². The van der Waals surface area contributed by atoms with Gasteiger partial charge in [-0.25, -0.2) is 8.42 Å². The van der Waals surface area contributed by atoms with E-state index in [0.29, 0.717) is 48.4 Å². The number of fused-ring (bicyclic) bond motifs is 1. The molecule has 0 saturated carbocycles. The van der Waals surface area contributed by atoms with E-state index in [4.69, 9.17) is 14.2 Å². The molecule has 0 fully saturated rings. The van der Waals surface area contributed by atoms with Crippen LogP contribution < -0.4 is 23.8 Å². The zero-order valence-electron chi connectivity index (χ0n) is 19.0. The van der Waals surface area contributed by atoms with Gasteiger partial charge in [0.05, 0.1) is 22.9 Å². The highest BCUT2D eigenvalue weighted by Crippen LogP contribution is 2.34. The van der Waals surface area contributed by atoms with Crippen LogP contribution in [0.25, 0.3) is 0 Å². The van der Waals surface area contributed by atoms with Gasteiger partial charge in [-0.3, -0.25) is 9.10 Å². The summed E-state index contributed by atoms with van der Waals surface area (Å²) in [4.78, 5) is 13.0. The Morgan fingerprint density at radius 2 is 1.71 bits per heavy atom. The summed E-state index contributed by atoms with van der Waals surface area (Å²) >= 11 is 0. The zero-order valence-corrected chi connectivity index (χ0v) is 19.8. The Morgan fingerprint density at radius 3 is 2.44 bits per heavy atom. The van der Waals surface area contributed by atoms with Crippen molar-refractivity contribution in [3.8, 4) is 17.2 Å². The van der Waals surface area contributed by atoms with Crippen LogP contribution >= 0.6 is 0 Å². The van der Waals surface area contributed by atoms with Crippen LogP contribution in [0.15, 0.2) is 71.6 Å². The third-order valence-electron chi connectivity index (χ3n) is 5.17. The first-order valence-corrected chi connectivity index (χ1v) is 12.3. The molecule has 1 N–H and O–H groups in total. The summed E-state index contributed by atoms with van der Waals surface area (Å²) in [5, 5.41) is 2.77. The molecule has 0 saturated heterocycles. The highest BCUT2D eigenvalue weighted by atomic mass is 32.2. The standard InChI is InChI=1S/C25H26N2O6S/c1-3-31-22-7-5-4-6-21(22)26-25(28)17-27(19-10-8-18(2)9-11-19)34(29,30)20-12-13-23-24(16-20)33-15-14-32-23/h4-13,16H,3,14-15,17H2,1-2H3,(H,26,28). The SMILES string of the molecule is CCOc1ccccc1NC(=O)CN(c1ccc(C)cc1)S(=O)(=O)c1ccc2c(c1)OCCO2. The van der Waals surface area contributed by atoms with E-state index in [9.17, 15) is 13.2 Å². The van der Waals surface area contributed by atoms with Gasteiger partial charge in [-0.1, -0.05) is 29.8 Å². The van der Waals surface area contributed by atoms with Crippen LogP contribution in [0.5, 0.6) is 17.2 Å². The van der Waals surface area contributed by atoms with Gasteiger partial charge in [0.1, 0.15) is 25.5 Å². The average molecular weight is 483 g/mol. The van der Waals surface area contributed by atoms with Gasteiger partial charge < -0.3 is 19.5 Å². The average Bonchev–Trinajstić information content (AvgIpc) is 2.84. The summed E-state index contributed by atoms with van der Waals surface area (Å²) in [6.45, 7) is 4.48. The van der Waals surface area contributed by atoms with Crippen molar-refractivity contribution in [3.05, 3.63) is 72.3 Å². The van der Waals surface area contributed by atoms with E-state index < -0.39 is 22.5 Å². The predicted molar refractivity (Wildman–Crippen MR) is 129 cm³/mol. The molecule has 0 atom stereocenters. The number of nitrogens with one attached hydrogen (secondary N) is 1. The lowest BCUT2D eigenvalue weighted by atomic mass is 10.2. The van der Waals surface area contributed by atoms with Crippen molar-refractivity contribution in [1.29, 1.82) is 0 Å². The molecule has 0 bridgehead atoms. The number of ether oxygens (including phenoxy) is 3. The number of carbonyl (C=O) groups is 1. The fraction of sp³-hybridized carbons (Fsp3) is 0.240. The van der Waals surface area contributed by atoms with Crippen molar-refractivity contribution in [3.63, 3.8) is 0 Å². The molecular weight excluding hydrogens is 456 g/mol. The molecule has 0 spiro atoms. The van der Waals surface area contributed by atoms with E-state index in [0.717, 1.165) is 9.87 Å². The number of hydrogen-bond acceptors (Lipinski definition) is 6. The smallest absolute Gasteiger partial charge is 0.264 e. The van der Waals surface area contributed by atoms with Crippen molar-refractivity contribution in [2.24, 2.45) is 0 Å². The van der Waals surface area contributed by atoms with Crippen LogP contribution in [0.1, 0.15) is 12.5 Å². The van der Waals surface area contributed by atoms with Gasteiger partial charge in [0.25, 0.3) is 10.0 Å². The summed E-state index contributed by atoms with van der Waals surface area (Å²) in [5.74, 6) is 0.840. The normalized spacial score (nSPS) is 12.6. The highest BCUT2D eigenvalue weighted by molar-refractivity contribution is 7.92. The minimum atomic E-state index is -4.10. The monoisotopic (exact) mass is 482 g/mol. The third-order valence-corrected chi connectivity index (χ3v) is 6.94. The molecule has 8 nitrogen and oxygen atoms in total. The summed E-state index contributed by atoms with van der Waals surface area (Å²) in [7, 11) is -4.10. The summed E-state index contributed by atoms with van der Waals surface area (Å²) in [6.07, 6.45) is 0. The first kappa shape index (κ1) is 23.4. The molecule has 4 rings (SSSR count). The molecule has 1 aliphatic rings. The van der Waals surface area contributed by atoms with Crippen molar-refractivity contribution in [2.75, 3.05) is 36.0 Å². The number of nitrogens with zero attached hydrogens (tertiary/aromatic N) is 1. The lowest BCUT2D eigenvalue weighted by Gasteiger charge is -2.25. The number of anilines is 2. The van der Waals surface area contributed by atoms with E-state index in [2.05, 4.69) is 5.32 Å². The molecule has 1 heterocycles. The highest BCUT2D eigenvalue weighted by Gasteiger charge is 2.29. The van der Waals surface area contributed by atoms with Gasteiger partial charge in [-0.05, 0) is 50.2 Å². The number of para-hydroxylation sites is 2. The molecule has 0 aliphatic carbocycles. The molecule has 1 aliphatic heterocycles. The number of hydrogen-bond donors (Lipinski definition) is 1. The molecule has 3 aromatic carbocycles. The quantitative estimate of drug-likeness (QED) is 0.522. The van der Waals surface area contributed by atoms with Crippen molar-refractivity contribution in [2.45, 2.75) is 18.7 Å². The Kier molecular flexibility index (Phi) is 6.93. The zero-order chi connectivity index (χ0) is 24.1. The second kappa shape index (κ2) is 10.0. The van der Waals surface area contributed by atoms with E-state index in [1.165, 1.54) is 12.1 Å². The minimum Gasteiger partial charge on any atom is -0.492 e. The molecule has 9 heteroatoms. The van der Waals surface area contributed by atoms with E-state index >= 15 is 0 Å². The largest absolute Gasteiger partial charge is 0.492 e. The summed E-state index contributed by atoms with van der Waals surface area (Å²) in [5.41, 5.74) is 1.80. The topological polar surface area (TPSA) is 94.2 Å². The van der Waals surface area contributed by atoms with Crippen molar-refractivity contribution < 1.29 is 27.4 Å². The molecule has 1 amide bonds. The molecule has 0 aromatic heterocycles. The van der Waals surface area contributed by atoms with Crippen LogP contribution in [0, 0.1) is 6.92 Å². The number of sulfonamides is 1. The van der Waals surface area contributed by atoms with Crippen molar-refractivity contribution >= 4 is 27.3 Å².